The summed E-state index contributed by atoms with van der Waals surface area (Å²) in [7, 11) is 0. The van der Waals surface area contributed by atoms with Crippen molar-refractivity contribution in [2.45, 2.75) is 46.0 Å². The molecule has 4 rings (SSSR count). The molecule has 0 aliphatic carbocycles. The first-order valence-electron chi connectivity index (χ1n) is 11.1. The summed E-state index contributed by atoms with van der Waals surface area (Å²) in [5, 5.41) is 14.9. The summed E-state index contributed by atoms with van der Waals surface area (Å²) >= 11 is 0. The van der Waals surface area contributed by atoms with E-state index >= 15 is 0 Å². The van der Waals surface area contributed by atoms with Crippen molar-refractivity contribution in [2.75, 3.05) is 19.6 Å². The number of aromatic nitrogens is 2. The summed E-state index contributed by atoms with van der Waals surface area (Å²) in [5.41, 5.74) is 5.30. The number of halogens is 1. The number of aliphatic hydroxyl groups is 1. The van der Waals surface area contributed by atoms with Gasteiger partial charge in [0.1, 0.15) is 5.82 Å². The average molecular weight is 423 g/mol. The third-order valence-corrected chi connectivity index (χ3v) is 5.92. The minimum absolute atomic E-state index is 0.150. The van der Waals surface area contributed by atoms with Crippen LogP contribution in [0.2, 0.25) is 0 Å². The predicted molar refractivity (Wildman–Crippen MR) is 120 cm³/mol. The number of fused-ring (bicyclic) bond motifs is 1. The Hall–Kier alpha value is -2.54. The highest BCUT2D eigenvalue weighted by Crippen LogP contribution is 2.27. The van der Waals surface area contributed by atoms with E-state index < -0.39 is 0 Å². The highest BCUT2D eigenvalue weighted by Gasteiger charge is 2.27. The molecule has 1 atom stereocenters. The molecule has 6 heteroatoms. The summed E-state index contributed by atoms with van der Waals surface area (Å²) in [6.45, 7) is 8.27. The van der Waals surface area contributed by atoms with Crippen molar-refractivity contribution in [3.05, 3.63) is 82.9 Å². The Bertz CT molecular complexity index is 1000. The molecular weight excluding hydrogens is 391 g/mol. The van der Waals surface area contributed by atoms with Crippen LogP contribution in [-0.2, 0) is 26.1 Å². The van der Waals surface area contributed by atoms with E-state index in [1.54, 1.807) is 6.07 Å². The van der Waals surface area contributed by atoms with Gasteiger partial charge >= 0.3 is 0 Å². The molecule has 5 nitrogen and oxygen atoms in total. The Kier molecular flexibility index (Phi) is 6.80. The second-order valence-electron chi connectivity index (χ2n) is 8.35. The fraction of sp³-hybridized carbons (Fsp3) is 0.400. The maximum absolute atomic E-state index is 14.2. The van der Waals surface area contributed by atoms with Crippen molar-refractivity contribution in [2.24, 2.45) is 0 Å². The van der Waals surface area contributed by atoms with E-state index in [0.717, 1.165) is 43.0 Å². The fourth-order valence-electron chi connectivity index (χ4n) is 4.35. The number of para-hydroxylation sites is 1. The van der Waals surface area contributed by atoms with Gasteiger partial charge in [0, 0.05) is 50.3 Å². The summed E-state index contributed by atoms with van der Waals surface area (Å²) in [4.78, 5) is 4.52. The topological polar surface area (TPSA) is 44.5 Å². The number of hydrogen-bond donors (Lipinski definition) is 1. The standard InChI is InChI=1S/C25H31FN4O/c1-3-28(15-19(2)31)18-24-22-17-29(16-20-9-7-8-12-23(20)26)14-13-25(22)30(27-24)21-10-5-4-6-11-21/h4-12,19,31H,3,13-18H2,1-2H3. The molecule has 2 heterocycles. The van der Waals surface area contributed by atoms with Gasteiger partial charge in [-0.3, -0.25) is 9.80 Å². The quantitative estimate of drug-likeness (QED) is 0.600. The average Bonchev–Trinajstić information content (AvgIpc) is 3.13. The molecule has 0 radical (unpaired) electrons. The van der Waals surface area contributed by atoms with Gasteiger partial charge in [0.2, 0.25) is 0 Å². The molecule has 0 saturated carbocycles. The molecule has 1 aliphatic rings. The van der Waals surface area contributed by atoms with E-state index in [2.05, 4.69) is 33.5 Å². The molecule has 1 unspecified atom stereocenters. The largest absolute Gasteiger partial charge is 0.392 e. The van der Waals surface area contributed by atoms with Crippen molar-refractivity contribution in [3.63, 3.8) is 0 Å². The second kappa shape index (κ2) is 9.73. The van der Waals surface area contributed by atoms with Crippen LogP contribution in [0.1, 0.15) is 36.4 Å². The van der Waals surface area contributed by atoms with Crippen LogP contribution in [0.5, 0.6) is 0 Å². The molecule has 1 N–H and O–H groups in total. The molecule has 0 amide bonds. The molecule has 0 saturated heterocycles. The fourth-order valence-corrected chi connectivity index (χ4v) is 4.35. The monoisotopic (exact) mass is 422 g/mol. The lowest BCUT2D eigenvalue weighted by atomic mass is 10.0. The van der Waals surface area contributed by atoms with E-state index in [4.69, 9.17) is 5.10 Å². The molecule has 31 heavy (non-hydrogen) atoms. The minimum Gasteiger partial charge on any atom is -0.392 e. The van der Waals surface area contributed by atoms with Crippen LogP contribution < -0.4 is 0 Å². The smallest absolute Gasteiger partial charge is 0.127 e. The Morgan fingerprint density at radius 1 is 1.13 bits per heavy atom. The van der Waals surface area contributed by atoms with Gasteiger partial charge in [0.05, 0.1) is 23.2 Å². The molecule has 1 aliphatic heterocycles. The number of benzene rings is 2. The predicted octanol–water partition coefficient (Wildman–Crippen LogP) is 3.77. The van der Waals surface area contributed by atoms with Crippen molar-refractivity contribution >= 4 is 0 Å². The van der Waals surface area contributed by atoms with Gasteiger partial charge in [0.25, 0.3) is 0 Å². The number of hydrogen-bond acceptors (Lipinski definition) is 4. The molecule has 0 spiro atoms. The third kappa shape index (κ3) is 5.03. The van der Waals surface area contributed by atoms with Gasteiger partial charge in [0.15, 0.2) is 0 Å². The van der Waals surface area contributed by atoms with E-state index in [-0.39, 0.29) is 11.9 Å². The minimum atomic E-state index is -0.385. The van der Waals surface area contributed by atoms with Crippen LogP contribution in [0.15, 0.2) is 54.6 Å². The summed E-state index contributed by atoms with van der Waals surface area (Å²) in [5.74, 6) is -0.150. The van der Waals surface area contributed by atoms with E-state index in [9.17, 15) is 9.50 Å². The first kappa shape index (κ1) is 21.7. The second-order valence-corrected chi connectivity index (χ2v) is 8.35. The highest BCUT2D eigenvalue weighted by atomic mass is 19.1. The van der Waals surface area contributed by atoms with E-state index in [1.165, 1.54) is 17.3 Å². The normalized spacial score (nSPS) is 15.3. The molecule has 0 fully saturated rings. The SMILES string of the molecule is CCN(Cc1nn(-c2ccccc2)c2c1CN(Cc1ccccc1F)CC2)CC(C)O. The Balaban J connectivity index is 1.64. The zero-order valence-electron chi connectivity index (χ0n) is 18.3. The number of likely N-dealkylation sites (N-methyl/N-ethyl adjacent to an activating group) is 1. The van der Waals surface area contributed by atoms with Crippen molar-refractivity contribution < 1.29 is 9.50 Å². The molecule has 1 aromatic heterocycles. The van der Waals surface area contributed by atoms with Gasteiger partial charge < -0.3 is 5.11 Å². The number of rotatable bonds is 8. The van der Waals surface area contributed by atoms with Crippen molar-refractivity contribution in [3.8, 4) is 5.69 Å². The van der Waals surface area contributed by atoms with Crippen LogP contribution >= 0.6 is 0 Å². The van der Waals surface area contributed by atoms with Gasteiger partial charge in [-0.2, -0.15) is 5.10 Å². The first-order chi connectivity index (χ1) is 15.0. The zero-order valence-corrected chi connectivity index (χ0v) is 18.3. The lowest BCUT2D eigenvalue weighted by molar-refractivity contribution is 0.124. The summed E-state index contributed by atoms with van der Waals surface area (Å²) in [6.07, 6.45) is 0.485. The van der Waals surface area contributed by atoms with E-state index in [1.807, 2.05) is 37.3 Å². The lowest BCUT2D eigenvalue weighted by Crippen LogP contribution is -2.33. The van der Waals surface area contributed by atoms with Crippen LogP contribution in [0.4, 0.5) is 4.39 Å². The highest BCUT2D eigenvalue weighted by molar-refractivity contribution is 5.39. The Labute approximate surface area is 183 Å². The molecule has 164 valence electrons. The summed E-state index contributed by atoms with van der Waals surface area (Å²) in [6, 6.07) is 17.2. The molecular formula is C25H31FN4O. The van der Waals surface area contributed by atoms with Gasteiger partial charge in [-0.05, 0) is 31.7 Å². The van der Waals surface area contributed by atoms with Crippen molar-refractivity contribution in [1.82, 2.24) is 19.6 Å². The van der Waals surface area contributed by atoms with Crippen LogP contribution in [-0.4, -0.2) is 50.4 Å². The maximum Gasteiger partial charge on any atom is 0.127 e. The van der Waals surface area contributed by atoms with Crippen LogP contribution in [0.25, 0.3) is 5.69 Å². The third-order valence-electron chi connectivity index (χ3n) is 5.92. The van der Waals surface area contributed by atoms with Crippen molar-refractivity contribution in [1.29, 1.82) is 0 Å². The molecule has 3 aromatic rings. The van der Waals surface area contributed by atoms with Crippen LogP contribution in [0.3, 0.4) is 0 Å². The summed E-state index contributed by atoms with van der Waals surface area (Å²) < 4.78 is 16.3. The Morgan fingerprint density at radius 3 is 2.58 bits per heavy atom. The van der Waals surface area contributed by atoms with E-state index in [0.29, 0.717) is 19.6 Å². The molecule has 2 aromatic carbocycles. The lowest BCUT2D eigenvalue weighted by Gasteiger charge is -2.28. The number of aliphatic hydroxyl groups excluding tert-OH is 1. The zero-order chi connectivity index (χ0) is 21.8. The van der Waals surface area contributed by atoms with Gasteiger partial charge in [-0.1, -0.05) is 43.3 Å². The van der Waals surface area contributed by atoms with Gasteiger partial charge in [-0.15, -0.1) is 0 Å². The molecule has 0 bridgehead atoms. The first-order valence-corrected chi connectivity index (χ1v) is 11.1. The maximum atomic E-state index is 14.2. The Morgan fingerprint density at radius 2 is 1.87 bits per heavy atom. The van der Waals surface area contributed by atoms with Crippen LogP contribution in [0, 0.1) is 5.82 Å². The number of nitrogens with zero attached hydrogens (tertiary/aromatic N) is 4. The van der Waals surface area contributed by atoms with Gasteiger partial charge in [-0.25, -0.2) is 9.07 Å².